The van der Waals surface area contributed by atoms with Crippen molar-refractivity contribution in [3.05, 3.63) is 47.6 Å². The summed E-state index contributed by atoms with van der Waals surface area (Å²) in [4.78, 5) is 48.2. The number of carbonyl (C=O) groups excluding carboxylic acids is 3. The molecule has 12 fully saturated rings. The molecule has 4 N–H and O–H groups in total. The number of nitrogens with zero attached hydrogens (tertiary/aromatic N) is 1. The molecule has 13 nitrogen and oxygen atoms in total. The first-order valence-corrected chi connectivity index (χ1v) is 26.4. The molecule has 14 aliphatic rings. The van der Waals surface area contributed by atoms with Gasteiger partial charge in [-0.15, -0.1) is 0 Å². The molecule has 5 spiro atoms. The van der Waals surface area contributed by atoms with Crippen molar-refractivity contribution in [3.8, 4) is 0 Å². The topological polar surface area (TPSA) is 181 Å². The van der Waals surface area contributed by atoms with Gasteiger partial charge in [0.15, 0.2) is 11.9 Å². The third-order valence-corrected chi connectivity index (χ3v) is 24.0. The quantitative estimate of drug-likeness (QED) is 0.164. The number of ketones is 1. The number of allylic oxidation sites excluding steroid dienone is 1. The van der Waals surface area contributed by atoms with Gasteiger partial charge in [-0.25, -0.2) is 4.79 Å². The van der Waals surface area contributed by atoms with Gasteiger partial charge in [0.05, 0.1) is 48.5 Å². The molecule has 67 heavy (non-hydrogen) atoms. The first-order valence-electron chi connectivity index (χ1n) is 26.4. The van der Waals surface area contributed by atoms with E-state index in [2.05, 4.69) is 42.4 Å². The number of furan rings is 1. The van der Waals surface area contributed by atoms with Gasteiger partial charge >= 0.3 is 11.9 Å². The van der Waals surface area contributed by atoms with Crippen LogP contribution in [0.15, 0.2) is 40.7 Å². The number of ether oxygens (including phenoxy) is 4. The summed E-state index contributed by atoms with van der Waals surface area (Å²) in [6.45, 7) is 7.81. The summed E-state index contributed by atoms with van der Waals surface area (Å²) in [6.07, 6.45) is 16.7. The fourth-order valence-electron chi connectivity index (χ4n) is 22.2. The smallest absolute Gasteiger partial charge is 0.339 e. The van der Waals surface area contributed by atoms with Gasteiger partial charge in [0.2, 0.25) is 0 Å². The Balaban J connectivity index is 0.879. The van der Waals surface area contributed by atoms with Gasteiger partial charge in [-0.1, -0.05) is 38.8 Å². The number of aliphatic hydroxyl groups is 3. The van der Waals surface area contributed by atoms with E-state index in [1.165, 1.54) is 5.57 Å². The minimum atomic E-state index is -1.47. The van der Waals surface area contributed by atoms with E-state index in [0.29, 0.717) is 42.9 Å². The van der Waals surface area contributed by atoms with Crippen molar-refractivity contribution in [2.24, 2.45) is 80.3 Å². The summed E-state index contributed by atoms with van der Waals surface area (Å²) in [5, 5.41) is 39.1. The number of fused-ring (bicyclic) bond motifs is 5. The lowest BCUT2D eigenvalue weighted by Gasteiger charge is -2.70. The van der Waals surface area contributed by atoms with Crippen LogP contribution in [0, 0.1) is 80.3 Å². The van der Waals surface area contributed by atoms with Crippen molar-refractivity contribution in [2.45, 2.75) is 158 Å². The van der Waals surface area contributed by atoms with Crippen LogP contribution in [-0.4, -0.2) is 106 Å². The largest absolute Gasteiger partial charge is 0.469 e. The van der Waals surface area contributed by atoms with Crippen LogP contribution in [-0.2, 0) is 39.8 Å². The van der Waals surface area contributed by atoms with E-state index < -0.39 is 80.7 Å². The summed E-state index contributed by atoms with van der Waals surface area (Å²) in [7, 11) is 0. The summed E-state index contributed by atoms with van der Waals surface area (Å²) >= 11 is 0. The number of nitrogens with one attached hydrogen (secondary N) is 1. The number of esters is 2. The minimum absolute atomic E-state index is 0.0447. The fraction of sp³-hybridized carbons (Fsp3) is 0.796. The maximum atomic E-state index is 15.8. The number of rotatable bonds is 6. The number of hydrogen-bond acceptors (Lipinski definition) is 13. The zero-order valence-electron chi connectivity index (χ0n) is 39.3. The average molecular weight is 921 g/mol. The maximum Gasteiger partial charge on any atom is 0.339 e. The number of Topliss-reactive ketones (excluding diaryl/α,β-unsaturated/α-hetero) is 1. The molecule has 1 aromatic heterocycles. The molecule has 7 saturated carbocycles. The monoisotopic (exact) mass is 920 g/mol. The third-order valence-electron chi connectivity index (χ3n) is 24.0. The molecule has 0 amide bonds. The van der Waals surface area contributed by atoms with Gasteiger partial charge in [0.25, 0.3) is 0 Å². The molecule has 5 bridgehead atoms. The molecule has 0 unspecified atom stereocenters. The Bertz CT molecular complexity index is 2460. The molecule has 0 radical (unpaired) electrons. The molecular formula is C54H68N2O11. The zero-order chi connectivity index (χ0) is 45.6. The van der Waals surface area contributed by atoms with Crippen molar-refractivity contribution in [2.75, 3.05) is 26.4 Å². The molecule has 7 aliphatic carbocycles. The summed E-state index contributed by atoms with van der Waals surface area (Å²) in [5.74, 6) is -1.09. The molecule has 360 valence electrons. The molecule has 15 rings (SSSR count). The van der Waals surface area contributed by atoms with E-state index in [4.69, 9.17) is 23.4 Å². The van der Waals surface area contributed by atoms with E-state index >= 15 is 9.59 Å². The van der Waals surface area contributed by atoms with Gasteiger partial charge in [0, 0.05) is 35.4 Å². The second-order valence-electron chi connectivity index (χ2n) is 25.6. The molecule has 8 heterocycles. The Morgan fingerprint density at radius 2 is 1.82 bits per heavy atom. The second-order valence-corrected chi connectivity index (χ2v) is 25.6. The first kappa shape index (κ1) is 41.7. The zero-order valence-corrected chi connectivity index (χ0v) is 39.3. The van der Waals surface area contributed by atoms with E-state index in [0.717, 1.165) is 89.4 Å². The Morgan fingerprint density at radius 1 is 0.985 bits per heavy atom. The molecular weight excluding hydrogens is 853 g/mol. The lowest BCUT2D eigenvalue weighted by atomic mass is 9.33. The number of aliphatic hydroxyl groups excluding tert-OH is 3. The second kappa shape index (κ2) is 12.9. The standard InChI is InChI=1S/C54H68N2O11/c1-47-21-29-22-51-30(9-15-50(51)12-4-5-13-50)19-31-8-14-48(2)40-38(59)42(60)49(3,39(29)52(40)25-64-45(61)41(51)53(31,52)67-48)54(47)44(66-54)46(62)65-43(47)33-11-17-63-37(33)20-34(36(58)24-57)27-6-7-32-28(18-27)10-16-56-26-55-23-35(32)56/h8,10-11,16-17,27-30,32,34-36,39-44,55,57-58,60H,4-7,9,12-15,18-26H2,1-3H3/t27-,28+,29+,30-,32-,34-,35+,36+,39-,40+,41-,42+,43-,44+,47-,48-,49-,51+,52+,53-,54+/m0/s1. The van der Waals surface area contributed by atoms with Crippen LogP contribution < -0.4 is 5.32 Å². The molecule has 5 saturated heterocycles. The average Bonchev–Trinajstić information content (AvgIpc) is 3.80. The Hall–Kier alpha value is -3.07. The highest BCUT2D eigenvalue weighted by Crippen LogP contribution is 2.90. The SMILES string of the molecule is C[C@]12[C@H](O)C(=O)[C@H]3[C@@]45COC(=O)[C@H]6[C@@]7(C[C@@H](C[C@@]8(C)[C@H](c9ccoc9C[C@@H]([C@H]9CC[C@H]%10[C@H](C=CN%11CNC[C@H]%10%11)C9)[C@H](O)CO)OC(=O)[C@H]9O[C@@]918)[C@@H]24)[C@@H](CCC71CCCC1)CC1=CC[C@]3(C)O[C@@]165. The predicted molar refractivity (Wildman–Crippen MR) is 237 cm³/mol. The number of hydrogen-bond donors (Lipinski definition) is 4. The molecule has 7 aliphatic heterocycles. The third kappa shape index (κ3) is 4.31. The van der Waals surface area contributed by atoms with Gasteiger partial charge in [0.1, 0.15) is 35.8 Å². The minimum Gasteiger partial charge on any atom is -0.469 e. The highest BCUT2D eigenvalue weighted by atomic mass is 16.7. The highest BCUT2D eigenvalue weighted by Gasteiger charge is 2.97. The summed E-state index contributed by atoms with van der Waals surface area (Å²) in [5.41, 5.74) is -5.11. The van der Waals surface area contributed by atoms with Gasteiger partial charge < -0.3 is 43.6 Å². The van der Waals surface area contributed by atoms with Gasteiger partial charge in [-0.3, -0.25) is 14.9 Å². The van der Waals surface area contributed by atoms with Crippen molar-refractivity contribution in [1.29, 1.82) is 0 Å². The van der Waals surface area contributed by atoms with Crippen molar-refractivity contribution < 1.29 is 53.1 Å². The number of cyclic esters (lactones) is 2. The number of epoxide rings is 1. The maximum absolute atomic E-state index is 15.8. The van der Waals surface area contributed by atoms with Crippen LogP contribution in [0.1, 0.15) is 122 Å². The molecule has 1 aromatic rings. The van der Waals surface area contributed by atoms with Crippen LogP contribution in [0.2, 0.25) is 0 Å². The lowest BCUT2D eigenvalue weighted by Crippen LogP contribution is -2.80. The van der Waals surface area contributed by atoms with Crippen LogP contribution >= 0.6 is 0 Å². The van der Waals surface area contributed by atoms with E-state index in [9.17, 15) is 20.1 Å². The van der Waals surface area contributed by atoms with E-state index in [1.807, 2.05) is 13.0 Å². The summed E-state index contributed by atoms with van der Waals surface area (Å²) in [6, 6.07) is 2.39. The van der Waals surface area contributed by atoms with Crippen molar-refractivity contribution >= 4 is 17.7 Å². The fourth-order valence-corrected chi connectivity index (χ4v) is 22.2. The van der Waals surface area contributed by atoms with E-state index in [1.54, 1.807) is 6.26 Å². The first-order chi connectivity index (χ1) is 32.2. The Labute approximate surface area is 392 Å². The highest BCUT2D eigenvalue weighted by molar-refractivity contribution is 5.94. The Kier molecular flexibility index (Phi) is 8.01. The van der Waals surface area contributed by atoms with E-state index in [-0.39, 0.29) is 60.0 Å². The van der Waals surface area contributed by atoms with Crippen molar-refractivity contribution in [3.63, 3.8) is 0 Å². The Morgan fingerprint density at radius 3 is 2.64 bits per heavy atom. The lowest BCUT2D eigenvalue weighted by molar-refractivity contribution is -0.282. The van der Waals surface area contributed by atoms with Crippen molar-refractivity contribution in [1.82, 2.24) is 10.2 Å². The predicted octanol–water partition coefficient (Wildman–Crippen LogP) is 5.31. The molecule has 0 aromatic carbocycles. The number of carbonyl (C=O) groups is 3. The van der Waals surface area contributed by atoms with Crippen LogP contribution in [0.3, 0.4) is 0 Å². The van der Waals surface area contributed by atoms with Gasteiger partial charge in [-0.2, -0.15) is 0 Å². The summed E-state index contributed by atoms with van der Waals surface area (Å²) < 4.78 is 34.6. The molecule has 21 atom stereocenters. The normalized spacial score (nSPS) is 54.7. The van der Waals surface area contributed by atoms with Crippen LogP contribution in [0.4, 0.5) is 0 Å². The van der Waals surface area contributed by atoms with Crippen LogP contribution in [0.5, 0.6) is 0 Å². The van der Waals surface area contributed by atoms with Gasteiger partial charge in [-0.05, 0) is 148 Å². The van der Waals surface area contributed by atoms with Crippen LogP contribution in [0.25, 0.3) is 0 Å². The molecule has 13 heteroatoms.